The van der Waals surface area contributed by atoms with Crippen LogP contribution in [-0.2, 0) is 0 Å². The van der Waals surface area contributed by atoms with E-state index in [1.807, 2.05) is 6.92 Å². The highest BCUT2D eigenvalue weighted by Crippen LogP contribution is 2.36. The lowest BCUT2D eigenvalue weighted by Crippen LogP contribution is -2.08. The first-order valence-electron chi connectivity index (χ1n) is 4.06. The van der Waals surface area contributed by atoms with Crippen LogP contribution in [0.5, 0.6) is 17.2 Å². The van der Waals surface area contributed by atoms with Crippen LogP contribution in [0.25, 0.3) is 0 Å². The molecule has 1 unspecified atom stereocenters. The zero-order valence-corrected chi connectivity index (χ0v) is 7.36. The molecule has 0 aliphatic rings. The molecule has 4 nitrogen and oxygen atoms in total. The second kappa shape index (κ2) is 3.53. The van der Waals surface area contributed by atoms with Crippen LogP contribution in [0.2, 0.25) is 0 Å². The second-order valence-corrected chi connectivity index (χ2v) is 2.91. The average Bonchev–Trinajstić information content (AvgIpc) is 2.02. The van der Waals surface area contributed by atoms with Crippen molar-refractivity contribution in [3.63, 3.8) is 0 Å². The van der Waals surface area contributed by atoms with Crippen molar-refractivity contribution >= 4 is 0 Å². The summed E-state index contributed by atoms with van der Waals surface area (Å²) in [7, 11) is 0. The van der Waals surface area contributed by atoms with Gasteiger partial charge in [-0.05, 0) is 6.42 Å². The van der Waals surface area contributed by atoms with E-state index in [1.165, 1.54) is 0 Å². The van der Waals surface area contributed by atoms with Crippen LogP contribution in [0.4, 0.5) is 0 Å². The summed E-state index contributed by atoms with van der Waals surface area (Å²) in [4.78, 5) is 0. The topological polar surface area (TPSA) is 86.7 Å². The van der Waals surface area contributed by atoms with Crippen LogP contribution in [0.3, 0.4) is 0 Å². The van der Waals surface area contributed by atoms with Gasteiger partial charge in [-0.1, -0.05) is 6.92 Å². The Kier molecular flexibility index (Phi) is 2.63. The highest BCUT2D eigenvalue weighted by Gasteiger charge is 2.15. The van der Waals surface area contributed by atoms with E-state index in [0.29, 0.717) is 6.42 Å². The van der Waals surface area contributed by atoms with Crippen LogP contribution in [0.15, 0.2) is 12.1 Å². The van der Waals surface area contributed by atoms with Crippen molar-refractivity contribution in [2.75, 3.05) is 0 Å². The van der Waals surface area contributed by atoms with Crippen LogP contribution in [0, 0.1) is 0 Å². The van der Waals surface area contributed by atoms with E-state index in [9.17, 15) is 10.2 Å². The van der Waals surface area contributed by atoms with E-state index >= 15 is 0 Å². The standard InChI is InChI=1S/C9H13NO3/c1-2-6(10)9-7(12)3-5(11)4-8(9)13/h3-4,6,11-13H,2,10H2,1H3. The third kappa shape index (κ3) is 1.84. The zero-order valence-electron chi connectivity index (χ0n) is 7.36. The molecule has 13 heavy (non-hydrogen) atoms. The third-order valence-electron chi connectivity index (χ3n) is 1.93. The first-order valence-corrected chi connectivity index (χ1v) is 4.06. The summed E-state index contributed by atoms with van der Waals surface area (Å²) in [6.45, 7) is 1.84. The highest BCUT2D eigenvalue weighted by molar-refractivity contribution is 5.50. The second-order valence-electron chi connectivity index (χ2n) is 2.91. The van der Waals surface area contributed by atoms with Gasteiger partial charge in [-0.2, -0.15) is 0 Å². The Hall–Kier alpha value is -1.42. The summed E-state index contributed by atoms with van der Waals surface area (Å²) in [5.41, 5.74) is 5.92. The molecule has 0 amide bonds. The van der Waals surface area contributed by atoms with E-state index < -0.39 is 6.04 Å². The quantitative estimate of drug-likeness (QED) is 0.555. The van der Waals surface area contributed by atoms with Gasteiger partial charge in [0.15, 0.2) is 0 Å². The van der Waals surface area contributed by atoms with Crippen LogP contribution in [0.1, 0.15) is 24.9 Å². The Labute approximate surface area is 76.2 Å². The van der Waals surface area contributed by atoms with Crippen molar-refractivity contribution in [1.29, 1.82) is 0 Å². The summed E-state index contributed by atoms with van der Waals surface area (Å²) in [6, 6.07) is 1.90. The minimum absolute atomic E-state index is 0.174. The van der Waals surface area contributed by atoms with E-state index in [4.69, 9.17) is 10.8 Å². The summed E-state index contributed by atoms with van der Waals surface area (Å²) < 4.78 is 0. The zero-order chi connectivity index (χ0) is 10.0. The molecule has 1 rings (SSSR count). The van der Waals surface area contributed by atoms with Gasteiger partial charge in [-0.15, -0.1) is 0 Å². The molecule has 0 aromatic heterocycles. The van der Waals surface area contributed by atoms with Gasteiger partial charge < -0.3 is 21.1 Å². The number of benzene rings is 1. The van der Waals surface area contributed by atoms with Crippen molar-refractivity contribution in [2.24, 2.45) is 5.73 Å². The predicted molar refractivity (Wildman–Crippen MR) is 48.7 cm³/mol. The molecular weight excluding hydrogens is 170 g/mol. The number of hydrogen-bond donors (Lipinski definition) is 4. The molecule has 0 spiro atoms. The van der Waals surface area contributed by atoms with Crippen molar-refractivity contribution in [1.82, 2.24) is 0 Å². The van der Waals surface area contributed by atoms with Crippen LogP contribution in [-0.4, -0.2) is 15.3 Å². The Morgan fingerprint density at radius 1 is 1.23 bits per heavy atom. The fourth-order valence-electron chi connectivity index (χ4n) is 1.19. The maximum Gasteiger partial charge on any atom is 0.127 e. The highest BCUT2D eigenvalue weighted by atomic mass is 16.3. The van der Waals surface area contributed by atoms with Gasteiger partial charge in [-0.25, -0.2) is 0 Å². The lowest BCUT2D eigenvalue weighted by atomic mass is 10.0. The Balaban J connectivity index is 3.20. The molecule has 0 aliphatic heterocycles. The first kappa shape index (κ1) is 9.67. The molecule has 0 radical (unpaired) electrons. The normalized spacial score (nSPS) is 12.8. The molecule has 0 saturated carbocycles. The molecule has 1 aromatic rings. The molecule has 5 N–H and O–H groups in total. The number of phenolic OH excluding ortho intramolecular Hbond substituents is 3. The number of aromatic hydroxyl groups is 3. The predicted octanol–water partition coefficient (Wildman–Crippen LogP) is 1.21. The number of hydrogen-bond acceptors (Lipinski definition) is 4. The number of rotatable bonds is 2. The van der Waals surface area contributed by atoms with Gasteiger partial charge in [0.1, 0.15) is 17.2 Å². The lowest BCUT2D eigenvalue weighted by Gasteiger charge is -2.13. The van der Waals surface area contributed by atoms with E-state index in [1.54, 1.807) is 0 Å². The average molecular weight is 183 g/mol. The molecule has 0 aliphatic carbocycles. The van der Waals surface area contributed by atoms with Gasteiger partial charge in [0.05, 0.1) is 5.56 Å². The molecule has 0 heterocycles. The molecule has 1 aromatic carbocycles. The molecule has 72 valence electrons. The molecule has 0 bridgehead atoms. The van der Waals surface area contributed by atoms with Crippen LogP contribution >= 0.6 is 0 Å². The van der Waals surface area contributed by atoms with Gasteiger partial charge in [0.25, 0.3) is 0 Å². The van der Waals surface area contributed by atoms with Crippen molar-refractivity contribution in [3.05, 3.63) is 17.7 Å². The van der Waals surface area contributed by atoms with E-state index in [-0.39, 0.29) is 22.8 Å². The first-order chi connectivity index (χ1) is 6.06. The minimum Gasteiger partial charge on any atom is -0.508 e. The van der Waals surface area contributed by atoms with E-state index in [2.05, 4.69) is 0 Å². The SMILES string of the molecule is CCC(N)c1c(O)cc(O)cc1O. The molecular formula is C9H13NO3. The lowest BCUT2D eigenvalue weighted by molar-refractivity contribution is 0.411. The number of phenols is 3. The summed E-state index contributed by atoms with van der Waals surface area (Å²) in [5.74, 6) is -0.527. The fourth-order valence-corrected chi connectivity index (χ4v) is 1.19. The summed E-state index contributed by atoms with van der Waals surface area (Å²) in [6.07, 6.45) is 0.603. The van der Waals surface area contributed by atoms with Gasteiger partial charge in [-0.3, -0.25) is 0 Å². The molecule has 1 atom stereocenters. The molecule has 0 fully saturated rings. The minimum atomic E-state index is -0.416. The smallest absolute Gasteiger partial charge is 0.127 e. The van der Waals surface area contributed by atoms with Crippen LogP contribution < -0.4 is 5.73 Å². The number of nitrogens with two attached hydrogens (primary N) is 1. The largest absolute Gasteiger partial charge is 0.508 e. The Morgan fingerprint density at radius 3 is 2.08 bits per heavy atom. The van der Waals surface area contributed by atoms with Gasteiger partial charge >= 0.3 is 0 Å². The fraction of sp³-hybridized carbons (Fsp3) is 0.333. The van der Waals surface area contributed by atoms with Crippen molar-refractivity contribution in [3.8, 4) is 17.2 Å². The summed E-state index contributed by atoms with van der Waals surface area (Å²) in [5, 5.41) is 27.8. The van der Waals surface area contributed by atoms with Gasteiger partial charge in [0.2, 0.25) is 0 Å². The maximum atomic E-state index is 9.37. The van der Waals surface area contributed by atoms with Gasteiger partial charge in [0, 0.05) is 18.2 Å². The molecule has 0 saturated heterocycles. The monoisotopic (exact) mass is 183 g/mol. The third-order valence-corrected chi connectivity index (χ3v) is 1.93. The Morgan fingerprint density at radius 2 is 1.69 bits per heavy atom. The Bertz CT molecular complexity index is 289. The van der Waals surface area contributed by atoms with Crippen molar-refractivity contribution < 1.29 is 15.3 Å². The summed E-state index contributed by atoms with van der Waals surface area (Å²) >= 11 is 0. The van der Waals surface area contributed by atoms with Crippen molar-refractivity contribution in [2.45, 2.75) is 19.4 Å². The maximum absolute atomic E-state index is 9.37. The molecule has 4 heteroatoms. The van der Waals surface area contributed by atoms with E-state index in [0.717, 1.165) is 12.1 Å².